The quantitative estimate of drug-likeness (QED) is 0.645. The van der Waals surface area contributed by atoms with Crippen molar-refractivity contribution in [2.75, 3.05) is 0 Å². The molecular formula is C11H17NO2. The van der Waals surface area contributed by atoms with Gasteiger partial charge in [-0.3, -0.25) is 0 Å². The van der Waals surface area contributed by atoms with Crippen molar-refractivity contribution in [2.45, 2.75) is 63.4 Å². The molecule has 2 atom stereocenters. The first-order valence-electron chi connectivity index (χ1n) is 5.55. The summed E-state index contributed by atoms with van der Waals surface area (Å²) in [6.07, 6.45) is 6.01. The number of ether oxygens (including phenoxy) is 2. The molecule has 0 aromatic heterocycles. The van der Waals surface area contributed by atoms with Gasteiger partial charge in [-0.2, -0.15) is 5.26 Å². The summed E-state index contributed by atoms with van der Waals surface area (Å²) in [6, 6.07) is 2.19. The third-order valence-electron chi connectivity index (χ3n) is 3.19. The van der Waals surface area contributed by atoms with E-state index in [1.807, 2.05) is 6.92 Å². The van der Waals surface area contributed by atoms with Gasteiger partial charge in [-0.1, -0.05) is 13.3 Å². The van der Waals surface area contributed by atoms with E-state index in [4.69, 9.17) is 14.7 Å². The van der Waals surface area contributed by atoms with Crippen molar-refractivity contribution in [1.82, 2.24) is 0 Å². The van der Waals surface area contributed by atoms with Gasteiger partial charge in [0.15, 0.2) is 11.9 Å². The largest absolute Gasteiger partial charge is 0.343 e. The molecule has 2 unspecified atom stereocenters. The van der Waals surface area contributed by atoms with Crippen molar-refractivity contribution in [3.05, 3.63) is 0 Å². The second-order valence-corrected chi connectivity index (χ2v) is 4.20. The van der Waals surface area contributed by atoms with Crippen LogP contribution in [0.4, 0.5) is 0 Å². The third-order valence-corrected chi connectivity index (χ3v) is 3.19. The number of hydrogen-bond acceptors (Lipinski definition) is 3. The van der Waals surface area contributed by atoms with Gasteiger partial charge in [0, 0.05) is 12.8 Å². The van der Waals surface area contributed by atoms with Crippen molar-refractivity contribution in [2.24, 2.45) is 0 Å². The molecule has 1 heterocycles. The van der Waals surface area contributed by atoms with Crippen LogP contribution in [-0.2, 0) is 9.47 Å². The van der Waals surface area contributed by atoms with Gasteiger partial charge in [0.1, 0.15) is 6.10 Å². The van der Waals surface area contributed by atoms with Crippen LogP contribution in [0.2, 0.25) is 0 Å². The predicted molar refractivity (Wildman–Crippen MR) is 51.5 cm³/mol. The lowest BCUT2D eigenvalue weighted by atomic mass is 9.94. The summed E-state index contributed by atoms with van der Waals surface area (Å²) in [4.78, 5) is 0. The van der Waals surface area contributed by atoms with Crippen molar-refractivity contribution < 1.29 is 9.47 Å². The Labute approximate surface area is 85.0 Å². The molecule has 0 bridgehead atoms. The lowest BCUT2D eigenvalue weighted by Gasteiger charge is -2.31. The van der Waals surface area contributed by atoms with E-state index in [-0.39, 0.29) is 12.2 Å². The molecule has 78 valence electrons. The molecule has 14 heavy (non-hydrogen) atoms. The minimum Gasteiger partial charge on any atom is -0.343 e. The molecule has 1 saturated heterocycles. The first kappa shape index (κ1) is 9.95. The van der Waals surface area contributed by atoms with Gasteiger partial charge in [-0.05, 0) is 19.3 Å². The van der Waals surface area contributed by atoms with Crippen LogP contribution in [-0.4, -0.2) is 18.0 Å². The molecule has 0 amide bonds. The molecule has 1 aliphatic heterocycles. The average Bonchev–Trinajstić information content (AvgIpc) is 2.57. The Hall–Kier alpha value is -0.590. The first-order chi connectivity index (χ1) is 6.79. The Kier molecular flexibility index (Phi) is 2.76. The highest BCUT2D eigenvalue weighted by Gasteiger charge is 2.47. The summed E-state index contributed by atoms with van der Waals surface area (Å²) >= 11 is 0. The topological polar surface area (TPSA) is 42.2 Å². The molecule has 3 nitrogen and oxygen atoms in total. The van der Waals surface area contributed by atoms with Crippen molar-refractivity contribution in [1.29, 1.82) is 5.26 Å². The molecule has 1 aliphatic carbocycles. The van der Waals surface area contributed by atoms with E-state index in [0.29, 0.717) is 0 Å². The SMILES string of the molecule is CCC1OC2(CCCCC2)OC1C#N. The van der Waals surface area contributed by atoms with Gasteiger partial charge >= 0.3 is 0 Å². The summed E-state index contributed by atoms with van der Waals surface area (Å²) < 4.78 is 11.7. The van der Waals surface area contributed by atoms with Gasteiger partial charge in [0.25, 0.3) is 0 Å². The van der Waals surface area contributed by atoms with Gasteiger partial charge in [-0.15, -0.1) is 0 Å². The summed E-state index contributed by atoms with van der Waals surface area (Å²) in [7, 11) is 0. The van der Waals surface area contributed by atoms with Crippen molar-refractivity contribution in [3.63, 3.8) is 0 Å². The Morgan fingerprint density at radius 2 is 2.00 bits per heavy atom. The molecule has 0 radical (unpaired) electrons. The van der Waals surface area contributed by atoms with Crippen LogP contribution in [0, 0.1) is 11.3 Å². The Bertz CT molecular complexity index is 240. The summed E-state index contributed by atoms with van der Waals surface area (Å²) in [5.74, 6) is -0.403. The molecule has 0 aromatic carbocycles. The van der Waals surface area contributed by atoms with Crippen LogP contribution in [0.15, 0.2) is 0 Å². The highest BCUT2D eigenvalue weighted by atomic mass is 16.8. The molecular weight excluding hydrogens is 178 g/mol. The van der Waals surface area contributed by atoms with Crippen molar-refractivity contribution in [3.8, 4) is 6.07 Å². The zero-order chi connectivity index (χ0) is 10.0. The Morgan fingerprint density at radius 3 is 2.50 bits per heavy atom. The van der Waals surface area contributed by atoms with Crippen molar-refractivity contribution >= 4 is 0 Å². The number of nitrogens with zero attached hydrogens (tertiary/aromatic N) is 1. The maximum atomic E-state index is 8.93. The van der Waals surface area contributed by atoms with Crippen LogP contribution in [0.3, 0.4) is 0 Å². The van der Waals surface area contributed by atoms with E-state index >= 15 is 0 Å². The van der Waals surface area contributed by atoms with Gasteiger partial charge in [0.2, 0.25) is 0 Å². The molecule has 2 rings (SSSR count). The summed E-state index contributed by atoms with van der Waals surface area (Å²) in [5, 5.41) is 8.93. The van der Waals surface area contributed by atoms with Gasteiger partial charge in [0.05, 0.1) is 6.07 Å². The second kappa shape index (κ2) is 3.88. The lowest BCUT2D eigenvalue weighted by Crippen LogP contribution is -2.33. The highest BCUT2D eigenvalue weighted by molar-refractivity contribution is 4.98. The minimum absolute atomic E-state index is 0.0156. The molecule has 1 saturated carbocycles. The highest BCUT2D eigenvalue weighted by Crippen LogP contribution is 2.40. The molecule has 0 aromatic rings. The standard InChI is InChI=1S/C11H17NO2/c1-2-9-10(8-12)14-11(13-9)6-4-3-5-7-11/h9-10H,2-7H2,1H3. The number of rotatable bonds is 1. The molecule has 2 aliphatic rings. The average molecular weight is 195 g/mol. The van der Waals surface area contributed by atoms with E-state index in [0.717, 1.165) is 32.1 Å². The molecule has 0 N–H and O–H groups in total. The third kappa shape index (κ3) is 1.65. The molecule has 1 spiro atoms. The van der Waals surface area contributed by atoms with E-state index in [2.05, 4.69) is 6.07 Å². The lowest BCUT2D eigenvalue weighted by molar-refractivity contribution is -0.190. The van der Waals surface area contributed by atoms with Crippen LogP contribution < -0.4 is 0 Å². The van der Waals surface area contributed by atoms with E-state index in [1.54, 1.807) is 0 Å². The van der Waals surface area contributed by atoms with E-state index < -0.39 is 5.79 Å². The predicted octanol–water partition coefficient (Wildman–Crippen LogP) is 2.36. The molecule has 3 heteroatoms. The fourth-order valence-electron chi connectivity index (χ4n) is 2.41. The fourth-order valence-corrected chi connectivity index (χ4v) is 2.41. The normalized spacial score (nSPS) is 35.7. The van der Waals surface area contributed by atoms with Gasteiger partial charge in [-0.25, -0.2) is 0 Å². The number of nitriles is 1. The Morgan fingerprint density at radius 1 is 1.29 bits per heavy atom. The van der Waals surface area contributed by atoms with E-state index in [1.165, 1.54) is 6.42 Å². The fraction of sp³-hybridized carbons (Fsp3) is 0.909. The maximum Gasteiger partial charge on any atom is 0.173 e. The van der Waals surface area contributed by atoms with Crippen LogP contribution in [0.1, 0.15) is 45.4 Å². The minimum atomic E-state index is -0.403. The Balaban J connectivity index is 2.06. The zero-order valence-electron chi connectivity index (χ0n) is 8.66. The van der Waals surface area contributed by atoms with E-state index in [9.17, 15) is 0 Å². The summed E-state index contributed by atoms with van der Waals surface area (Å²) in [6.45, 7) is 2.04. The first-order valence-corrected chi connectivity index (χ1v) is 5.55. The second-order valence-electron chi connectivity index (χ2n) is 4.20. The maximum absolute atomic E-state index is 8.93. The summed E-state index contributed by atoms with van der Waals surface area (Å²) in [5.41, 5.74) is 0. The molecule has 2 fully saturated rings. The smallest absolute Gasteiger partial charge is 0.173 e. The van der Waals surface area contributed by atoms with Crippen LogP contribution >= 0.6 is 0 Å². The van der Waals surface area contributed by atoms with Crippen LogP contribution in [0.5, 0.6) is 0 Å². The van der Waals surface area contributed by atoms with Crippen LogP contribution in [0.25, 0.3) is 0 Å². The zero-order valence-corrected chi connectivity index (χ0v) is 8.66. The van der Waals surface area contributed by atoms with Gasteiger partial charge < -0.3 is 9.47 Å². The monoisotopic (exact) mass is 195 g/mol. The number of hydrogen-bond donors (Lipinski definition) is 0.